The number of ether oxygens (including phenoxy) is 2. The molecule has 1 aromatic heterocycles. The third kappa shape index (κ3) is 5.39. The number of nitro groups is 1. The van der Waals surface area contributed by atoms with Gasteiger partial charge in [0, 0.05) is 64.4 Å². The van der Waals surface area contributed by atoms with Crippen LogP contribution in [0.25, 0.3) is 0 Å². The quantitative estimate of drug-likeness (QED) is 0.364. The molecular formula is C26H30N6O4. The van der Waals surface area contributed by atoms with Crippen molar-refractivity contribution in [3.8, 4) is 17.4 Å². The highest BCUT2D eigenvalue weighted by Gasteiger charge is 2.26. The van der Waals surface area contributed by atoms with Gasteiger partial charge in [-0.1, -0.05) is 12.1 Å². The zero-order valence-electron chi connectivity index (χ0n) is 20.6. The summed E-state index contributed by atoms with van der Waals surface area (Å²) in [5.74, 6) is 2.75. The van der Waals surface area contributed by atoms with Crippen molar-refractivity contribution in [2.45, 2.75) is 19.5 Å². The first kappa shape index (κ1) is 24.0. The van der Waals surface area contributed by atoms with Gasteiger partial charge in [0.15, 0.2) is 0 Å². The first-order valence-electron chi connectivity index (χ1n) is 12.1. The second-order valence-corrected chi connectivity index (χ2v) is 9.21. The van der Waals surface area contributed by atoms with E-state index >= 15 is 0 Å². The third-order valence-electron chi connectivity index (χ3n) is 6.70. The lowest BCUT2D eigenvalue weighted by atomic mass is 10.1. The molecule has 0 spiro atoms. The maximum absolute atomic E-state index is 11.0. The van der Waals surface area contributed by atoms with Crippen LogP contribution >= 0.6 is 0 Å². The van der Waals surface area contributed by atoms with Crippen LogP contribution < -0.4 is 14.4 Å². The summed E-state index contributed by atoms with van der Waals surface area (Å²) in [5.41, 5.74) is 3.12. The number of hydrogen-bond donors (Lipinski definition) is 0. The monoisotopic (exact) mass is 490 g/mol. The van der Waals surface area contributed by atoms with Gasteiger partial charge >= 0.3 is 0 Å². The Morgan fingerprint density at radius 2 is 1.64 bits per heavy atom. The smallest absolute Gasteiger partial charge is 0.269 e. The molecule has 2 aliphatic rings. The minimum atomic E-state index is -0.376. The molecule has 3 heterocycles. The van der Waals surface area contributed by atoms with Crippen LogP contribution in [-0.4, -0.2) is 71.6 Å². The fourth-order valence-corrected chi connectivity index (χ4v) is 4.53. The van der Waals surface area contributed by atoms with Gasteiger partial charge in [0.25, 0.3) is 5.69 Å². The third-order valence-corrected chi connectivity index (χ3v) is 6.70. The molecule has 2 aliphatic heterocycles. The molecule has 0 saturated carbocycles. The molecule has 0 unspecified atom stereocenters. The van der Waals surface area contributed by atoms with Crippen LogP contribution in [0.2, 0.25) is 0 Å². The number of rotatable bonds is 7. The molecule has 1 fully saturated rings. The van der Waals surface area contributed by atoms with Gasteiger partial charge in [-0.2, -0.15) is 4.98 Å². The van der Waals surface area contributed by atoms with Crippen LogP contribution in [0, 0.1) is 10.1 Å². The van der Waals surface area contributed by atoms with E-state index in [0.717, 1.165) is 61.7 Å². The predicted molar refractivity (Wildman–Crippen MR) is 136 cm³/mol. The number of hydrogen-bond acceptors (Lipinski definition) is 9. The van der Waals surface area contributed by atoms with E-state index in [9.17, 15) is 10.1 Å². The van der Waals surface area contributed by atoms with Gasteiger partial charge in [0.05, 0.1) is 23.3 Å². The molecule has 1 saturated heterocycles. The standard InChI is InChI=1S/C26H30N6O4/c1-29-13-15-31(16-14-29)26-27-24-11-12-30(17-19-3-5-20(6-4-19)32(33)34)18-23(24)25(28-26)36-22-9-7-21(35-2)8-10-22/h3-10H,11-18H2,1-2H3. The van der Waals surface area contributed by atoms with Gasteiger partial charge in [0.1, 0.15) is 11.5 Å². The van der Waals surface area contributed by atoms with Crippen LogP contribution in [-0.2, 0) is 19.5 Å². The van der Waals surface area contributed by atoms with Gasteiger partial charge in [0.2, 0.25) is 11.8 Å². The molecule has 0 N–H and O–H groups in total. The molecule has 0 atom stereocenters. The molecule has 36 heavy (non-hydrogen) atoms. The second-order valence-electron chi connectivity index (χ2n) is 9.21. The Hall–Kier alpha value is -3.76. The number of aromatic nitrogens is 2. The number of nitro benzene ring substituents is 1. The summed E-state index contributed by atoms with van der Waals surface area (Å²) >= 11 is 0. The predicted octanol–water partition coefficient (Wildman–Crippen LogP) is 3.50. The van der Waals surface area contributed by atoms with Crippen molar-refractivity contribution >= 4 is 11.6 Å². The number of piperazine rings is 1. The van der Waals surface area contributed by atoms with Gasteiger partial charge in [-0.05, 0) is 36.9 Å². The lowest BCUT2D eigenvalue weighted by Crippen LogP contribution is -2.45. The van der Waals surface area contributed by atoms with Gasteiger partial charge in [-0.15, -0.1) is 0 Å². The Balaban J connectivity index is 1.40. The van der Waals surface area contributed by atoms with Crippen LogP contribution in [0.3, 0.4) is 0 Å². The van der Waals surface area contributed by atoms with E-state index < -0.39 is 0 Å². The fourth-order valence-electron chi connectivity index (χ4n) is 4.53. The van der Waals surface area contributed by atoms with Gasteiger partial charge in [-0.25, -0.2) is 4.98 Å². The Morgan fingerprint density at radius 3 is 2.31 bits per heavy atom. The highest BCUT2D eigenvalue weighted by atomic mass is 16.6. The van der Waals surface area contributed by atoms with Crippen molar-refractivity contribution in [3.63, 3.8) is 0 Å². The minimum Gasteiger partial charge on any atom is -0.497 e. The maximum atomic E-state index is 11.0. The number of non-ortho nitro benzene ring substituents is 1. The van der Waals surface area contributed by atoms with Crippen molar-refractivity contribution in [1.82, 2.24) is 19.8 Å². The Kier molecular flexibility index (Phi) is 6.97. The summed E-state index contributed by atoms with van der Waals surface area (Å²) in [7, 11) is 3.77. The molecule has 188 valence electrons. The van der Waals surface area contributed by atoms with Gasteiger partial charge < -0.3 is 19.3 Å². The van der Waals surface area contributed by atoms with Crippen LogP contribution in [0.1, 0.15) is 16.8 Å². The number of benzene rings is 2. The van der Waals surface area contributed by atoms with Crippen molar-refractivity contribution in [1.29, 1.82) is 0 Å². The Bertz CT molecular complexity index is 1210. The normalized spacial score (nSPS) is 16.4. The molecule has 3 aromatic rings. The fraction of sp³-hybridized carbons (Fsp3) is 0.385. The molecule has 2 aromatic carbocycles. The summed E-state index contributed by atoms with van der Waals surface area (Å²) in [4.78, 5) is 27.3. The minimum absolute atomic E-state index is 0.0998. The Labute approximate surface area is 210 Å². The number of anilines is 1. The lowest BCUT2D eigenvalue weighted by molar-refractivity contribution is -0.384. The molecule has 0 aliphatic carbocycles. The average Bonchev–Trinajstić information content (AvgIpc) is 2.90. The molecule has 10 heteroatoms. The summed E-state index contributed by atoms with van der Waals surface area (Å²) in [6.45, 7) is 5.86. The van der Waals surface area contributed by atoms with Crippen molar-refractivity contribution in [3.05, 3.63) is 75.5 Å². The second kappa shape index (κ2) is 10.5. The largest absolute Gasteiger partial charge is 0.497 e. The number of likely N-dealkylation sites (N-methyl/N-ethyl adjacent to an activating group) is 1. The van der Waals surface area contributed by atoms with E-state index in [2.05, 4.69) is 21.7 Å². The highest BCUT2D eigenvalue weighted by Crippen LogP contribution is 2.33. The van der Waals surface area contributed by atoms with E-state index in [-0.39, 0.29) is 10.6 Å². The molecular weight excluding hydrogens is 460 g/mol. The zero-order valence-corrected chi connectivity index (χ0v) is 20.6. The highest BCUT2D eigenvalue weighted by molar-refractivity contribution is 5.44. The van der Waals surface area contributed by atoms with E-state index in [1.165, 1.54) is 0 Å². The number of nitrogens with zero attached hydrogens (tertiary/aromatic N) is 6. The summed E-state index contributed by atoms with van der Waals surface area (Å²) in [5, 5.41) is 11.0. The Morgan fingerprint density at radius 1 is 0.944 bits per heavy atom. The van der Waals surface area contributed by atoms with E-state index in [1.807, 2.05) is 36.4 Å². The molecule has 0 amide bonds. The first-order valence-corrected chi connectivity index (χ1v) is 12.1. The molecule has 0 radical (unpaired) electrons. The average molecular weight is 491 g/mol. The summed E-state index contributed by atoms with van der Waals surface area (Å²) in [6, 6.07) is 14.2. The molecule has 10 nitrogen and oxygen atoms in total. The van der Waals surface area contributed by atoms with Crippen molar-refractivity contribution in [2.75, 3.05) is 51.8 Å². The van der Waals surface area contributed by atoms with Crippen molar-refractivity contribution < 1.29 is 14.4 Å². The topological polar surface area (TPSA) is 97.1 Å². The summed E-state index contributed by atoms with van der Waals surface area (Å²) in [6.07, 6.45) is 0.782. The molecule has 5 rings (SSSR count). The van der Waals surface area contributed by atoms with Gasteiger partial charge in [-0.3, -0.25) is 15.0 Å². The van der Waals surface area contributed by atoms with E-state index in [0.29, 0.717) is 30.7 Å². The number of fused-ring (bicyclic) bond motifs is 1. The molecule has 0 bridgehead atoms. The lowest BCUT2D eigenvalue weighted by Gasteiger charge is -2.34. The maximum Gasteiger partial charge on any atom is 0.269 e. The summed E-state index contributed by atoms with van der Waals surface area (Å²) < 4.78 is 11.6. The van der Waals surface area contributed by atoms with Crippen LogP contribution in [0.15, 0.2) is 48.5 Å². The van der Waals surface area contributed by atoms with Crippen LogP contribution in [0.5, 0.6) is 17.4 Å². The van der Waals surface area contributed by atoms with Crippen molar-refractivity contribution in [2.24, 2.45) is 0 Å². The van der Waals surface area contributed by atoms with Crippen LogP contribution in [0.4, 0.5) is 11.6 Å². The first-order chi connectivity index (χ1) is 17.5. The van der Waals surface area contributed by atoms with E-state index in [1.54, 1.807) is 19.2 Å². The van der Waals surface area contributed by atoms with E-state index in [4.69, 9.17) is 19.4 Å². The number of methoxy groups -OCH3 is 1. The SMILES string of the molecule is COc1ccc(Oc2nc(N3CCN(C)CC3)nc3c2CN(Cc2ccc([N+](=O)[O-])cc2)CC3)cc1. The zero-order chi connectivity index (χ0) is 25.1.